The SMILES string of the molecule is Cc1n[nH]nc1C(=O)N[C@@H](c1ccccc1)c1cc2ccccc2o1. The predicted octanol–water partition coefficient (Wildman–Crippen LogP) is 3.38. The first-order chi connectivity index (χ1) is 12.2. The lowest BCUT2D eigenvalue weighted by Gasteiger charge is -2.16. The molecule has 0 unspecified atom stereocenters. The standard InChI is InChI=1S/C19H16N4O2/c1-12-17(22-23-21-12)19(24)20-18(13-7-3-2-4-8-13)16-11-14-9-5-6-10-15(14)25-16/h2-11,18H,1H3,(H,20,24)(H,21,22,23)/t18-/m0/s1. The Labute approximate surface area is 143 Å². The van der Waals surface area contributed by atoms with Crippen LogP contribution in [0.25, 0.3) is 11.0 Å². The van der Waals surface area contributed by atoms with Crippen LogP contribution in [0.15, 0.2) is 65.1 Å². The number of aromatic amines is 1. The average molecular weight is 332 g/mol. The molecule has 6 heteroatoms. The van der Waals surface area contributed by atoms with Gasteiger partial charge in [0.2, 0.25) is 0 Å². The van der Waals surface area contributed by atoms with Crippen molar-refractivity contribution in [2.75, 3.05) is 0 Å². The van der Waals surface area contributed by atoms with Gasteiger partial charge in [-0.1, -0.05) is 48.5 Å². The zero-order valence-electron chi connectivity index (χ0n) is 13.6. The van der Waals surface area contributed by atoms with Crippen LogP contribution in [0, 0.1) is 6.92 Å². The van der Waals surface area contributed by atoms with Crippen LogP contribution in [0.1, 0.15) is 33.5 Å². The lowest BCUT2D eigenvalue weighted by atomic mass is 10.0. The number of nitrogens with zero attached hydrogens (tertiary/aromatic N) is 2. The van der Waals surface area contributed by atoms with Crippen LogP contribution >= 0.6 is 0 Å². The lowest BCUT2D eigenvalue weighted by Crippen LogP contribution is -2.29. The van der Waals surface area contributed by atoms with Crippen molar-refractivity contribution in [2.45, 2.75) is 13.0 Å². The molecule has 0 bridgehead atoms. The maximum absolute atomic E-state index is 12.6. The molecular weight excluding hydrogens is 316 g/mol. The van der Waals surface area contributed by atoms with E-state index in [-0.39, 0.29) is 11.6 Å². The van der Waals surface area contributed by atoms with Crippen molar-refractivity contribution in [3.63, 3.8) is 0 Å². The van der Waals surface area contributed by atoms with Crippen molar-refractivity contribution in [3.8, 4) is 0 Å². The van der Waals surface area contributed by atoms with E-state index in [0.29, 0.717) is 11.5 Å². The summed E-state index contributed by atoms with van der Waals surface area (Å²) < 4.78 is 5.97. The van der Waals surface area contributed by atoms with Crippen LogP contribution in [-0.2, 0) is 0 Å². The molecule has 0 aliphatic carbocycles. The van der Waals surface area contributed by atoms with Crippen LogP contribution in [0.5, 0.6) is 0 Å². The summed E-state index contributed by atoms with van der Waals surface area (Å²) in [6, 6.07) is 19.0. The highest BCUT2D eigenvalue weighted by atomic mass is 16.3. The molecule has 0 aliphatic rings. The Morgan fingerprint density at radius 1 is 1.08 bits per heavy atom. The number of fused-ring (bicyclic) bond motifs is 1. The number of hydrogen-bond donors (Lipinski definition) is 2. The third-order valence-electron chi connectivity index (χ3n) is 4.07. The molecule has 4 aromatic rings. The number of aromatic nitrogens is 3. The maximum atomic E-state index is 12.6. The van der Waals surface area contributed by atoms with Gasteiger partial charge in [0.05, 0.1) is 5.69 Å². The van der Waals surface area contributed by atoms with E-state index in [2.05, 4.69) is 20.7 Å². The Kier molecular flexibility index (Phi) is 3.78. The minimum absolute atomic E-state index is 0.275. The second-order valence-corrected chi connectivity index (χ2v) is 5.76. The smallest absolute Gasteiger partial charge is 0.274 e. The molecule has 1 atom stereocenters. The first-order valence-electron chi connectivity index (χ1n) is 7.94. The number of H-pyrrole nitrogens is 1. The third kappa shape index (κ3) is 2.89. The number of para-hydroxylation sites is 1. The molecule has 4 rings (SSSR count). The number of benzene rings is 2. The molecule has 0 saturated heterocycles. The molecule has 124 valence electrons. The number of carbonyl (C=O) groups excluding carboxylic acids is 1. The summed E-state index contributed by atoms with van der Waals surface area (Å²) in [6.45, 7) is 1.73. The van der Waals surface area contributed by atoms with E-state index in [1.807, 2.05) is 60.7 Å². The van der Waals surface area contributed by atoms with E-state index in [9.17, 15) is 4.79 Å². The minimum Gasteiger partial charge on any atom is -0.459 e. The van der Waals surface area contributed by atoms with Gasteiger partial charge in [-0.05, 0) is 24.6 Å². The molecule has 0 radical (unpaired) electrons. The number of rotatable bonds is 4. The highest BCUT2D eigenvalue weighted by Gasteiger charge is 2.23. The summed E-state index contributed by atoms with van der Waals surface area (Å²) in [7, 11) is 0. The van der Waals surface area contributed by atoms with E-state index in [4.69, 9.17) is 4.42 Å². The van der Waals surface area contributed by atoms with Crippen LogP contribution in [-0.4, -0.2) is 21.3 Å². The molecule has 0 spiro atoms. The first-order valence-corrected chi connectivity index (χ1v) is 7.94. The lowest BCUT2D eigenvalue weighted by molar-refractivity contribution is 0.0933. The number of hydrogen-bond acceptors (Lipinski definition) is 4. The fourth-order valence-corrected chi connectivity index (χ4v) is 2.81. The fourth-order valence-electron chi connectivity index (χ4n) is 2.81. The molecule has 6 nitrogen and oxygen atoms in total. The van der Waals surface area contributed by atoms with E-state index in [1.165, 1.54) is 0 Å². The fraction of sp³-hybridized carbons (Fsp3) is 0.105. The first kappa shape index (κ1) is 15.1. The highest BCUT2D eigenvalue weighted by Crippen LogP contribution is 2.28. The molecule has 0 saturated carbocycles. The number of aryl methyl sites for hydroxylation is 1. The number of nitrogens with one attached hydrogen (secondary N) is 2. The molecule has 2 aromatic heterocycles. The predicted molar refractivity (Wildman–Crippen MR) is 93.1 cm³/mol. The Bertz CT molecular complexity index is 987. The Morgan fingerprint density at radius 2 is 1.84 bits per heavy atom. The van der Waals surface area contributed by atoms with Gasteiger partial charge in [-0.2, -0.15) is 15.4 Å². The van der Waals surface area contributed by atoms with Crippen molar-refractivity contribution < 1.29 is 9.21 Å². The summed E-state index contributed by atoms with van der Waals surface area (Å²) in [5, 5.41) is 14.3. The minimum atomic E-state index is -0.419. The molecule has 2 aromatic carbocycles. The topological polar surface area (TPSA) is 83.8 Å². The van der Waals surface area contributed by atoms with Gasteiger partial charge in [-0.25, -0.2) is 0 Å². The maximum Gasteiger partial charge on any atom is 0.274 e. The number of furan rings is 1. The van der Waals surface area contributed by atoms with E-state index in [1.54, 1.807) is 6.92 Å². The summed E-state index contributed by atoms with van der Waals surface area (Å²) in [5.74, 6) is 0.363. The molecule has 2 heterocycles. The molecule has 0 aliphatic heterocycles. The normalized spacial score (nSPS) is 12.2. The summed E-state index contributed by atoms with van der Waals surface area (Å²) in [4.78, 5) is 12.6. The van der Waals surface area contributed by atoms with Gasteiger partial charge in [0.1, 0.15) is 17.4 Å². The largest absolute Gasteiger partial charge is 0.459 e. The zero-order valence-corrected chi connectivity index (χ0v) is 13.6. The van der Waals surface area contributed by atoms with Crippen molar-refractivity contribution in [3.05, 3.63) is 83.4 Å². The summed E-state index contributed by atoms with van der Waals surface area (Å²) >= 11 is 0. The van der Waals surface area contributed by atoms with Crippen LogP contribution < -0.4 is 5.32 Å². The third-order valence-corrected chi connectivity index (χ3v) is 4.07. The van der Waals surface area contributed by atoms with Crippen molar-refractivity contribution >= 4 is 16.9 Å². The van der Waals surface area contributed by atoms with Crippen LogP contribution in [0.2, 0.25) is 0 Å². The van der Waals surface area contributed by atoms with E-state index in [0.717, 1.165) is 16.5 Å². The molecule has 0 fully saturated rings. The molecule has 2 N–H and O–H groups in total. The Hall–Kier alpha value is -3.41. The summed E-state index contributed by atoms with van der Waals surface area (Å²) in [5.41, 5.74) is 2.53. The molecule has 25 heavy (non-hydrogen) atoms. The van der Waals surface area contributed by atoms with Gasteiger partial charge >= 0.3 is 0 Å². The monoisotopic (exact) mass is 332 g/mol. The average Bonchev–Trinajstić information content (AvgIpc) is 3.26. The number of amides is 1. The van der Waals surface area contributed by atoms with Gasteiger partial charge in [-0.15, -0.1) is 0 Å². The van der Waals surface area contributed by atoms with Gasteiger partial charge in [0.25, 0.3) is 5.91 Å². The number of carbonyl (C=O) groups is 1. The second-order valence-electron chi connectivity index (χ2n) is 5.76. The van der Waals surface area contributed by atoms with Gasteiger partial charge in [0.15, 0.2) is 5.69 Å². The highest BCUT2D eigenvalue weighted by molar-refractivity contribution is 5.93. The van der Waals surface area contributed by atoms with Crippen LogP contribution in [0.3, 0.4) is 0 Å². The van der Waals surface area contributed by atoms with Crippen molar-refractivity contribution in [1.82, 2.24) is 20.7 Å². The van der Waals surface area contributed by atoms with E-state index >= 15 is 0 Å². The van der Waals surface area contributed by atoms with Gasteiger partial charge < -0.3 is 9.73 Å². The molecular formula is C19H16N4O2. The summed E-state index contributed by atoms with van der Waals surface area (Å²) in [6.07, 6.45) is 0. The Balaban J connectivity index is 1.74. The zero-order chi connectivity index (χ0) is 17.2. The second kappa shape index (κ2) is 6.24. The van der Waals surface area contributed by atoms with Crippen LogP contribution in [0.4, 0.5) is 0 Å². The van der Waals surface area contributed by atoms with E-state index < -0.39 is 6.04 Å². The Morgan fingerprint density at radius 3 is 2.56 bits per heavy atom. The molecule has 1 amide bonds. The van der Waals surface area contributed by atoms with Gasteiger partial charge in [0, 0.05) is 5.39 Å². The van der Waals surface area contributed by atoms with Gasteiger partial charge in [-0.3, -0.25) is 4.79 Å². The van der Waals surface area contributed by atoms with Crippen molar-refractivity contribution in [2.24, 2.45) is 0 Å². The quantitative estimate of drug-likeness (QED) is 0.600. The van der Waals surface area contributed by atoms with Crippen molar-refractivity contribution in [1.29, 1.82) is 0 Å².